The van der Waals surface area contributed by atoms with Gasteiger partial charge in [-0.05, 0) is 18.6 Å². The van der Waals surface area contributed by atoms with E-state index in [2.05, 4.69) is 30.3 Å². The zero-order valence-corrected chi connectivity index (χ0v) is 11.4. The van der Waals surface area contributed by atoms with Crippen molar-refractivity contribution in [3.8, 4) is 0 Å². The predicted molar refractivity (Wildman–Crippen MR) is 67.3 cm³/mol. The number of hydrogen-bond donors (Lipinski definition) is 2. The van der Waals surface area contributed by atoms with Crippen molar-refractivity contribution in [2.24, 2.45) is 0 Å². The Hall–Kier alpha value is -2.65. The van der Waals surface area contributed by atoms with Gasteiger partial charge in [0.25, 0.3) is 5.82 Å². The summed E-state index contributed by atoms with van der Waals surface area (Å²) in [5.41, 5.74) is 1.60. The summed E-state index contributed by atoms with van der Waals surface area (Å²) < 4.78 is 41.2. The van der Waals surface area contributed by atoms with Crippen molar-refractivity contribution in [2.45, 2.75) is 26.2 Å². The minimum atomic E-state index is -4.68. The number of carbonyl (C=O) groups is 1. The van der Waals surface area contributed by atoms with Gasteiger partial charge in [0.15, 0.2) is 0 Å². The molecule has 118 valence electrons. The average molecular weight is 315 g/mol. The number of aromatic nitrogens is 3. The van der Waals surface area contributed by atoms with E-state index in [1.165, 1.54) is 0 Å². The molecule has 0 radical (unpaired) electrons. The summed E-state index contributed by atoms with van der Waals surface area (Å²) in [5, 5.41) is 7.61. The number of aryl methyl sites for hydroxylation is 1. The molecule has 0 saturated carbocycles. The second-order valence-corrected chi connectivity index (χ2v) is 4.31. The van der Waals surface area contributed by atoms with E-state index >= 15 is 0 Å². The number of hydrogen-bond acceptors (Lipinski definition) is 5. The first-order valence-corrected chi connectivity index (χ1v) is 6.18. The Morgan fingerprint density at radius 3 is 2.68 bits per heavy atom. The van der Waals surface area contributed by atoms with E-state index in [1.54, 1.807) is 12.3 Å². The fourth-order valence-electron chi connectivity index (χ4n) is 1.53. The lowest BCUT2D eigenvalue weighted by Crippen LogP contribution is -2.35. The average Bonchev–Trinajstić information content (AvgIpc) is 2.93. The molecule has 2 amide bonds. The van der Waals surface area contributed by atoms with E-state index < -0.39 is 18.0 Å². The van der Waals surface area contributed by atoms with Crippen LogP contribution in [0.25, 0.3) is 0 Å². The Labute approximate surface area is 122 Å². The standard InChI is InChI=1S/C12H12F3N5O2/c1-7-3-2-4-16-8(7)5-17-11(21)18-6-9-19-10(20-22-9)12(13,14)15/h2-4H,5-6H2,1H3,(H2,17,18,21). The molecule has 0 aliphatic heterocycles. The molecular weight excluding hydrogens is 303 g/mol. The molecule has 0 spiro atoms. The van der Waals surface area contributed by atoms with Crippen LogP contribution in [-0.4, -0.2) is 21.2 Å². The molecule has 2 N–H and O–H groups in total. The van der Waals surface area contributed by atoms with Crippen LogP contribution in [0, 0.1) is 6.92 Å². The molecule has 2 aromatic heterocycles. The van der Waals surface area contributed by atoms with E-state index in [9.17, 15) is 18.0 Å². The monoisotopic (exact) mass is 315 g/mol. The first kappa shape index (κ1) is 15.7. The molecule has 0 aliphatic rings. The van der Waals surface area contributed by atoms with Crippen molar-refractivity contribution in [2.75, 3.05) is 0 Å². The maximum atomic E-state index is 12.3. The summed E-state index contributed by atoms with van der Waals surface area (Å²) in [6, 6.07) is 3.03. The molecule has 0 saturated heterocycles. The van der Waals surface area contributed by atoms with Gasteiger partial charge in [-0.25, -0.2) is 4.79 Å². The van der Waals surface area contributed by atoms with Gasteiger partial charge in [-0.1, -0.05) is 11.2 Å². The van der Waals surface area contributed by atoms with Gasteiger partial charge in [-0.3, -0.25) is 4.98 Å². The zero-order valence-electron chi connectivity index (χ0n) is 11.4. The van der Waals surface area contributed by atoms with Crippen molar-refractivity contribution in [1.29, 1.82) is 0 Å². The summed E-state index contributed by atoms with van der Waals surface area (Å²) in [5.74, 6) is -1.72. The van der Waals surface area contributed by atoms with E-state index in [4.69, 9.17) is 0 Å². The lowest BCUT2D eigenvalue weighted by atomic mass is 10.2. The maximum absolute atomic E-state index is 12.3. The predicted octanol–water partition coefficient (Wildman–Crippen LogP) is 1.79. The highest BCUT2D eigenvalue weighted by molar-refractivity contribution is 5.73. The third-order valence-corrected chi connectivity index (χ3v) is 2.66. The summed E-state index contributed by atoms with van der Waals surface area (Å²) in [6.45, 7) is 1.73. The van der Waals surface area contributed by atoms with E-state index in [0.717, 1.165) is 5.56 Å². The van der Waals surface area contributed by atoms with Crippen LogP contribution in [-0.2, 0) is 19.3 Å². The third-order valence-electron chi connectivity index (χ3n) is 2.66. The second kappa shape index (κ2) is 6.41. The van der Waals surface area contributed by atoms with Crippen LogP contribution in [0.1, 0.15) is 23.0 Å². The van der Waals surface area contributed by atoms with Crippen LogP contribution in [0.5, 0.6) is 0 Å². The van der Waals surface area contributed by atoms with Crippen LogP contribution in [0.15, 0.2) is 22.9 Å². The molecule has 7 nitrogen and oxygen atoms in total. The highest BCUT2D eigenvalue weighted by atomic mass is 19.4. The SMILES string of the molecule is Cc1cccnc1CNC(=O)NCc1nc(C(F)(F)F)no1. The Balaban J connectivity index is 1.81. The fourth-order valence-corrected chi connectivity index (χ4v) is 1.53. The molecule has 2 aromatic rings. The number of carbonyl (C=O) groups excluding carboxylic acids is 1. The van der Waals surface area contributed by atoms with Gasteiger partial charge in [0, 0.05) is 6.20 Å². The quantitative estimate of drug-likeness (QED) is 0.897. The summed E-state index contributed by atoms with van der Waals surface area (Å²) in [6.07, 6.45) is -3.08. The van der Waals surface area contributed by atoms with Gasteiger partial charge in [-0.15, -0.1) is 0 Å². The molecule has 0 fully saturated rings. The zero-order chi connectivity index (χ0) is 16.2. The van der Waals surface area contributed by atoms with Crippen LogP contribution in [0.3, 0.4) is 0 Å². The van der Waals surface area contributed by atoms with Crippen LogP contribution in [0.2, 0.25) is 0 Å². The number of halogens is 3. The van der Waals surface area contributed by atoms with Crippen LogP contribution in [0.4, 0.5) is 18.0 Å². The Kier molecular flexibility index (Phi) is 4.59. The van der Waals surface area contributed by atoms with E-state index in [0.29, 0.717) is 5.69 Å². The molecule has 0 atom stereocenters. The minimum Gasteiger partial charge on any atom is -0.337 e. The van der Waals surface area contributed by atoms with Gasteiger partial charge in [-0.2, -0.15) is 18.2 Å². The highest BCUT2D eigenvalue weighted by Crippen LogP contribution is 2.26. The lowest BCUT2D eigenvalue weighted by Gasteiger charge is -2.07. The van der Waals surface area contributed by atoms with Gasteiger partial charge >= 0.3 is 12.2 Å². The van der Waals surface area contributed by atoms with E-state index in [-0.39, 0.29) is 19.0 Å². The second-order valence-electron chi connectivity index (χ2n) is 4.31. The van der Waals surface area contributed by atoms with Crippen LogP contribution >= 0.6 is 0 Å². The smallest absolute Gasteiger partial charge is 0.337 e. The third kappa shape index (κ3) is 4.17. The summed E-state index contributed by atoms with van der Waals surface area (Å²) in [4.78, 5) is 18.8. The molecule has 2 rings (SSSR count). The number of alkyl halides is 3. The molecular formula is C12H12F3N5O2. The van der Waals surface area contributed by atoms with Crippen LogP contribution < -0.4 is 10.6 Å². The van der Waals surface area contributed by atoms with Crippen molar-refractivity contribution in [3.05, 3.63) is 41.3 Å². The lowest BCUT2D eigenvalue weighted by molar-refractivity contribution is -0.146. The normalized spacial score (nSPS) is 11.3. The van der Waals surface area contributed by atoms with Gasteiger partial charge in [0.05, 0.1) is 18.8 Å². The number of nitrogens with one attached hydrogen (secondary N) is 2. The molecule has 10 heteroatoms. The summed E-state index contributed by atoms with van der Waals surface area (Å²) in [7, 11) is 0. The van der Waals surface area contributed by atoms with Gasteiger partial charge in [0.2, 0.25) is 5.89 Å². The van der Waals surface area contributed by atoms with Gasteiger partial charge in [0.1, 0.15) is 0 Å². The largest absolute Gasteiger partial charge is 0.455 e. The molecule has 0 bridgehead atoms. The molecule has 0 aliphatic carbocycles. The highest BCUT2D eigenvalue weighted by Gasteiger charge is 2.37. The van der Waals surface area contributed by atoms with Crippen molar-refractivity contribution in [1.82, 2.24) is 25.8 Å². The van der Waals surface area contributed by atoms with E-state index in [1.807, 2.05) is 13.0 Å². The molecule has 0 aromatic carbocycles. The Morgan fingerprint density at radius 1 is 1.32 bits per heavy atom. The first-order valence-electron chi connectivity index (χ1n) is 6.18. The number of amides is 2. The molecule has 22 heavy (non-hydrogen) atoms. The van der Waals surface area contributed by atoms with Gasteiger partial charge < -0.3 is 15.2 Å². The fraction of sp³-hybridized carbons (Fsp3) is 0.333. The first-order chi connectivity index (χ1) is 10.4. The summed E-state index contributed by atoms with van der Waals surface area (Å²) >= 11 is 0. The van der Waals surface area contributed by atoms with Crippen molar-refractivity contribution in [3.63, 3.8) is 0 Å². The topological polar surface area (TPSA) is 92.9 Å². The number of rotatable bonds is 4. The Bertz CT molecular complexity index is 656. The molecule has 0 unspecified atom stereocenters. The number of nitrogens with zero attached hydrogens (tertiary/aromatic N) is 3. The number of pyridine rings is 1. The van der Waals surface area contributed by atoms with Crippen molar-refractivity contribution < 1.29 is 22.5 Å². The number of urea groups is 1. The maximum Gasteiger partial charge on any atom is 0.455 e. The van der Waals surface area contributed by atoms with Crippen molar-refractivity contribution >= 4 is 6.03 Å². The Morgan fingerprint density at radius 2 is 2.05 bits per heavy atom. The molecule has 2 heterocycles. The minimum absolute atomic E-state index is 0.191.